The number of piperidine rings is 1. The summed E-state index contributed by atoms with van der Waals surface area (Å²) in [5.41, 5.74) is 3.57. The number of hydrogen-bond donors (Lipinski definition) is 0. The van der Waals surface area contributed by atoms with Crippen molar-refractivity contribution in [2.75, 3.05) is 18.0 Å². The second-order valence-corrected chi connectivity index (χ2v) is 9.17. The summed E-state index contributed by atoms with van der Waals surface area (Å²) in [5, 5.41) is 12.6. The molecule has 2 fully saturated rings. The van der Waals surface area contributed by atoms with Gasteiger partial charge in [0, 0.05) is 25.0 Å². The Hall–Kier alpha value is -2.96. The number of aryl methyl sites for hydroxylation is 1. The second kappa shape index (κ2) is 7.62. The summed E-state index contributed by atoms with van der Waals surface area (Å²) in [5.74, 6) is 1.43. The number of hydrogen-bond acceptors (Lipinski definition) is 5. The lowest BCUT2D eigenvalue weighted by Gasteiger charge is -2.40. The van der Waals surface area contributed by atoms with E-state index in [4.69, 9.17) is 0 Å². The van der Waals surface area contributed by atoms with Crippen molar-refractivity contribution in [3.05, 3.63) is 53.9 Å². The maximum Gasteiger partial charge on any atom is 0.226 e. The van der Waals surface area contributed by atoms with Crippen molar-refractivity contribution >= 4 is 17.4 Å². The van der Waals surface area contributed by atoms with Crippen LogP contribution >= 0.6 is 0 Å². The average Bonchev–Trinajstić information content (AvgIpc) is 3.54. The molecule has 31 heavy (non-hydrogen) atoms. The molecule has 3 aromatic rings. The van der Waals surface area contributed by atoms with Crippen LogP contribution in [-0.2, 0) is 11.2 Å². The van der Waals surface area contributed by atoms with Crippen molar-refractivity contribution in [2.24, 2.45) is 5.92 Å². The zero-order valence-corrected chi connectivity index (χ0v) is 17.7. The van der Waals surface area contributed by atoms with Crippen molar-refractivity contribution in [3.8, 4) is 0 Å². The molecule has 1 amide bonds. The van der Waals surface area contributed by atoms with E-state index in [9.17, 15) is 4.79 Å². The van der Waals surface area contributed by atoms with Gasteiger partial charge in [-0.3, -0.25) is 4.79 Å². The highest BCUT2D eigenvalue weighted by molar-refractivity contribution is 5.80. The Labute approximate surface area is 182 Å². The molecule has 0 spiro atoms. The Morgan fingerprint density at radius 1 is 1.00 bits per heavy atom. The SMILES string of the molecule is O=C(C1CCN(c2ccc3nncn3n2)CC1)N(C1CC1)C1CCCc2ccccc21. The third-order valence-electron chi connectivity index (χ3n) is 7.18. The van der Waals surface area contributed by atoms with Gasteiger partial charge in [0.15, 0.2) is 5.65 Å². The zero-order chi connectivity index (χ0) is 20.8. The molecule has 0 N–H and O–H groups in total. The molecule has 3 aliphatic rings. The minimum atomic E-state index is 0.115. The van der Waals surface area contributed by atoms with Gasteiger partial charge in [0.2, 0.25) is 5.91 Å². The van der Waals surface area contributed by atoms with Crippen LogP contribution in [0.3, 0.4) is 0 Å². The van der Waals surface area contributed by atoms with E-state index >= 15 is 0 Å². The van der Waals surface area contributed by atoms with Crippen LogP contribution in [-0.4, -0.2) is 49.7 Å². The van der Waals surface area contributed by atoms with Gasteiger partial charge in [-0.1, -0.05) is 24.3 Å². The van der Waals surface area contributed by atoms with Crippen LogP contribution in [0.5, 0.6) is 0 Å². The van der Waals surface area contributed by atoms with Gasteiger partial charge < -0.3 is 9.80 Å². The summed E-state index contributed by atoms with van der Waals surface area (Å²) in [7, 11) is 0. The molecular formula is C24H28N6O. The molecule has 1 aliphatic heterocycles. The lowest BCUT2D eigenvalue weighted by molar-refractivity contribution is -0.139. The smallest absolute Gasteiger partial charge is 0.226 e. The maximum atomic E-state index is 13.7. The number of aromatic nitrogens is 4. The van der Waals surface area contributed by atoms with Gasteiger partial charge in [-0.2, -0.15) is 4.52 Å². The molecule has 1 aromatic carbocycles. The third-order valence-corrected chi connectivity index (χ3v) is 7.18. The summed E-state index contributed by atoms with van der Waals surface area (Å²) in [6.45, 7) is 1.72. The molecule has 2 aromatic heterocycles. The minimum Gasteiger partial charge on any atom is -0.355 e. The first kappa shape index (κ1) is 18.8. The average molecular weight is 417 g/mol. The van der Waals surface area contributed by atoms with Gasteiger partial charge >= 0.3 is 0 Å². The molecule has 1 saturated carbocycles. The van der Waals surface area contributed by atoms with Crippen molar-refractivity contribution in [1.29, 1.82) is 0 Å². The number of nitrogens with zero attached hydrogens (tertiary/aromatic N) is 6. The number of benzene rings is 1. The number of carbonyl (C=O) groups is 1. The van der Waals surface area contributed by atoms with E-state index < -0.39 is 0 Å². The molecule has 3 heterocycles. The Balaban J connectivity index is 1.18. The summed E-state index contributed by atoms with van der Waals surface area (Å²) >= 11 is 0. The van der Waals surface area contributed by atoms with Crippen molar-refractivity contribution in [1.82, 2.24) is 24.7 Å². The summed E-state index contributed by atoms with van der Waals surface area (Å²) < 4.78 is 1.71. The fraction of sp³-hybridized carbons (Fsp3) is 0.500. The van der Waals surface area contributed by atoms with Crippen LogP contribution < -0.4 is 4.90 Å². The van der Waals surface area contributed by atoms with Crippen molar-refractivity contribution in [2.45, 2.75) is 57.0 Å². The van der Waals surface area contributed by atoms with Crippen LogP contribution in [0.25, 0.3) is 5.65 Å². The normalized spacial score (nSPS) is 21.8. The highest BCUT2D eigenvalue weighted by atomic mass is 16.2. The molecule has 160 valence electrons. The Bertz CT molecular complexity index is 1100. The molecule has 7 nitrogen and oxygen atoms in total. The first-order valence-corrected chi connectivity index (χ1v) is 11.6. The molecule has 7 heteroatoms. The highest BCUT2D eigenvalue weighted by Gasteiger charge is 2.42. The van der Waals surface area contributed by atoms with Crippen LogP contribution in [0.4, 0.5) is 5.82 Å². The molecule has 6 rings (SSSR count). The van der Waals surface area contributed by atoms with Crippen LogP contribution in [0, 0.1) is 5.92 Å². The van der Waals surface area contributed by atoms with Gasteiger partial charge in [0.1, 0.15) is 12.1 Å². The quantitative estimate of drug-likeness (QED) is 0.652. The van der Waals surface area contributed by atoms with E-state index in [1.165, 1.54) is 17.5 Å². The fourth-order valence-corrected chi connectivity index (χ4v) is 5.41. The third kappa shape index (κ3) is 3.46. The molecular weight excluding hydrogens is 388 g/mol. The van der Waals surface area contributed by atoms with E-state index in [-0.39, 0.29) is 12.0 Å². The summed E-state index contributed by atoms with van der Waals surface area (Å²) in [4.78, 5) is 18.3. The predicted molar refractivity (Wildman–Crippen MR) is 118 cm³/mol. The van der Waals surface area contributed by atoms with E-state index in [0.717, 1.165) is 63.1 Å². The molecule has 1 atom stereocenters. The Morgan fingerprint density at radius 2 is 1.84 bits per heavy atom. The standard InChI is InChI=1S/C24H28N6O/c31-24(30(19-8-9-19)21-7-3-5-17-4-1-2-6-20(17)21)18-12-14-28(15-13-18)23-11-10-22-26-25-16-29(22)27-23/h1-2,4,6,10-11,16,18-19,21H,3,5,7-9,12-15H2. The monoisotopic (exact) mass is 416 g/mol. The predicted octanol–water partition coefficient (Wildman–Crippen LogP) is 3.41. The van der Waals surface area contributed by atoms with E-state index in [0.29, 0.717) is 11.9 Å². The Morgan fingerprint density at radius 3 is 2.68 bits per heavy atom. The highest BCUT2D eigenvalue weighted by Crippen LogP contribution is 2.42. The van der Waals surface area contributed by atoms with Gasteiger partial charge in [-0.15, -0.1) is 15.3 Å². The van der Waals surface area contributed by atoms with Crippen molar-refractivity contribution in [3.63, 3.8) is 0 Å². The first-order valence-electron chi connectivity index (χ1n) is 11.6. The number of amides is 1. The van der Waals surface area contributed by atoms with Gasteiger partial charge in [0.25, 0.3) is 0 Å². The van der Waals surface area contributed by atoms with E-state index in [2.05, 4.69) is 49.4 Å². The van der Waals surface area contributed by atoms with Crippen molar-refractivity contribution < 1.29 is 4.79 Å². The molecule has 0 radical (unpaired) electrons. The molecule has 0 bridgehead atoms. The molecule has 1 saturated heterocycles. The van der Waals surface area contributed by atoms with Gasteiger partial charge in [-0.05, 0) is 68.2 Å². The van der Waals surface area contributed by atoms with E-state index in [1.807, 2.05) is 12.1 Å². The number of fused-ring (bicyclic) bond motifs is 2. The first-order chi connectivity index (χ1) is 15.3. The lowest BCUT2D eigenvalue weighted by Crippen LogP contribution is -2.45. The Kier molecular flexibility index (Phi) is 4.62. The van der Waals surface area contributed by atoms with Crippen LogP contribution in [0.2, 0.25) is 0 Å². The summed E-state index contributed by atoms with van der Waals surface area (Å²) in [6.07, 6.45) is 9.13. The second-order valence-electron chi connectivity index (χ2n) is 9.17. The van der Waals surface area contributed by atoms with E-state index in [1.54, 1.807) is 10.8 Å². The number of rotatable bonds is 4. The fourth-order valence-electron chi connectivity index (χ4n) is 5.41. The van der Waals surface area contributed by atoms with Gasteiger partial charge in [0.05, 0.1) is 6.04 Å². The summed E-state index contributed by atoms with van der Waals surface area (Å²) in [6, 6.07) is 13.4. The maximum absolute atomic E-state index is 13.7. The number of carbonyl (C=O) groups excluding carboxylic acids is 1. The van der Waals surface area contributed by atoms with Crippen LogP contribution in [0.15, 0.2) is 42.7 Å². The minimum absolute atomic E-state index is 0.115. The lowest BCUT2D eigenvalue weighted by atomic mass is 9.85. The number of anilines is 1. The zero-order valence-electron chi connectivity index (χ0n) is 17.7. The molecule has 1 unspecified atom stereocenters. The largest absolute Gasteiger partial charge is 0.355 e. The topological polar surface area (TPSA) is 66.6 Å². The van der Waals surface area contributed by atoms with Gasteiger partial charge in [-0.25, -0.2) is 0 Å². The molecule has 2 aliphatic carbocycles. The van der Waals surface area contributed by atoms with Crippen LogP contribution in [0.1, 0.15) is 55.7 Å².